The summed E-state index contributed by atoms with van der Waals surface area (Å²) in [5.74, 6) is 1.56. The molecule has 1 unspecified atom stereocenters. The first-order chi connectivity index (χ1) is 13.5. The van der Waals surface area contributed by atoms with Gasteiger partial charge in [0, 0.05) is 37.6 Å². The molecule has 0 spiro atoms. The molecule has 28 heavy (non-hydrogen) atoms. The third-order valence-corrected chi connectivity index (χ3v) is 6.16. The van der Waals surface area contributed by atoms with Gasteiger partial charge in [-0.05, 0) is 43.5 Å². The Balaban J connectivity index is 1.40. The van der Waals surface area contributed by atoms with E-state index in [9.17, 15) is 9.59 Å². The summed E-state index contributed by atoms with van der Waals surface area (Å²) in [5.41, 5.74) is 0. The largest absolute Gasteiger partial charge is 0.481 e. The number of carbonyl (C=O) groups is 2. The van der Waals surface area contributed by atoms with E-state index in [4.69, 9.17) is 16.3 Å². The molecule has 3 rings (SSSR count). The third kappa shape index (κ3) is 5.87. The van der Waals surface area contributed by atoms with Crippen LogP contribution in [0.5, 0.6) is 5.75 Å². The van der Waals surface area contributed by atoms with Crippen LogP contribution in [0.1, 0.15) is 51.9 Å². The average molecular weight is 407 g/mol. The van der Waals surface area contributed by atoms with Gasteiger partial charge in [0.2, 0.25) is 5.91 Å². The van der Waals surface area contributed by atoms with Gasteiger partial charge in [-0.3, -0.25) is 9.59 Å². The maximum absolute atomic E-state index is 12.6. The summed E-state index contributed by atoms with van der Waals surface area (Å²) in [4.78, 5) is 28.9. The zero-order valence-electron chi connectivity index (χ0n) is 16.7. The van der Waals surface area contributed by atoms with Crippen molar-refractivity contribution in [3.8, 4) is 5.75 Å². The zero-order valence-corrected chi connectivity index (χ0v) is 17.5. The van der Waals surface area contributed by atoms with Gasteiger partial charge in [0.25, 0.3) is 5.91 Å². The lowest BCUT2D eigenvalue weighted by atomic mass is 9.86. The van der Waals surface area contributed by atoms with Crippen molar-refractivity contribution in [1.82, 2.24) is 9.80 Å². The van der Waals surface area contributed by atoms with Crippen molar-refractivity contribution in [2.24, 2.45) is 5.92 Å². The van der Waals surface area contributed by atoms with E-state index >= 15 is 0 Å². The molecule has 1 aliphatic heterocycles. The number of rotatable bonds is 6. The lowest BCUT2D eigenvalue weighted by Gasteiger charge is -2.36. The first-order valence-corrected chi connectivity index (χ1v) is 10.9. The van der Waals surface area contributed by atoms with Crippen molar-refractivity contribution in [2.75, 3.05) is 26.2 Å². The smallest absolute Gasteiger partial charge is 0.263 e. The lowest BCUT2D eigenvalue weighted by molar-refractivity contribution is -0.143. The van der Waals surface area contributed by atoms with Gasteiger partial charge in [0.15, 0.2) is 6.10 Å². The predicted molar refractivity (Wildman–Crippen MR) is 111 cm³/mol. The number of hydrogen-bond donors (Lipinski definition) is 0. The van der Waals surface area contributed by atoms with Crippen LogP contribution in [0.4, 0.5) is 0 Å². The van der Waals surface area contributed by atoms with Crippen LogP contribution in [0.15, 0.2) is 24.3 Å². The summed E-state index contributed by atoms with van der Waals surface area (Å²) in [6.07, 6.45) is 7.64. The Kier molecular flexibility index (Phi) is 7.60. The van der Waals surface area contributed by atoms with E-state index in [1.54, 1.807) is 36.1 Å². The highest BCUT2D eigenvalue weighted by Crippen LogP contribution is 2.27. The maximum atomic E-state index is 12.6. The normalized spacial score (nSPS) is 19.4. The van der Waals surface area contributed by atoms with E-state index < -0.39 is 6.10 Å². The van der Waals surface area contributed by atoms with E-state index in [2.05, 4.69) is 0 Å². The minimum absolute atomic E-state index is 0.0377. The Hall–Kier alpha value is -1.75. The molecule has 0 radical (unpaired) electrons. The van der Waals surface area contributed by atoms with Crippen molar-refractivity contribution in [3.63, 3.8) is 0 Å². The van der Waals surface area contributed by atoms with Crippen LogP contribution >= 0.6 is 11.6 Å². The Bertz CT molecular complexity index is 650. The van der Waals surface area contributed by atoms with Crippen LogP contribution in [-0.4, -0.2) is 53.9 Å². The number of ether oxygens (including phenoxy) is 1. The zero-order chi connectivity index (χ0) is 19.9. The van der Waals surface area contributed by atoms with E-state index in [0.29, 0.717) is 43.4 Å². The highest BCUT2D eigenvalue weighted by molar-refractivity contribution is 6.30. The molecule has 154 valence electrons. The van der Waals surface area contributed by atoms with Gasteiger partial charge in [-0.1, -0.05) is 43.7 Å². The van der Waals surface area contributed by atoms with Crippen LogP contribution in [0.2, 0.25) is 5.02 Å². The summed E-state index contributed by atoms with van der Waals surface area (Å²) >= 11 is 5.88. The van der Waals surface area contributed by atoms with Crippen molar-refractivity contribution in [1.29, 1.82) is 0 Å². The first-order valence-electron chi connectivity index (χ1n) is 10.5. The predicted octanol–water partition coefficient (Wildman–Crippen LogP) is 4.14. The molecule has 0 bridgehead atoms. The molecule has 5 nitrogen and oxygen atoms in total. The summed E-state index contributed by atoms with van der Waals surface area (Å²) in [7, 11) is 0. The van der Waals surface area contributed by atoms with E-state index in [1.807, 2.05) is 4.90 Å². The molecule has 1 aromatic carbocycles. The molecule has 0 aromatic heterocycles. The SMILES string of the molecule is CC(Oc1ccc(Cl)cc1)C(=O)N1CCN(C(=O)CCC2CCCCC2)CC1. The van der Waals surface area contributed by atoms with Gasteiger partial charge in [-0.25, -0.2) is 0 Å². The number of benzene rings is 1. The molecular formula is C22H31ClN2O3. The highest BCUT2D eigenvalue weighted by atomic mass is 35.5. The van der Waals surface area contributed by atoms with Crippen molar-refractivity contribution >= 4 is 23.4 Å². The van der Waals surface area contributed by atoms with Crippen molar-refractivity contribution in [3.05, 3.63) is 29.3 Å². The highest BCUT2D eigenvalue weighted by Gasteiger charge is 2.28. The Morgan fingerprint density at radius 2 is 1.64 bits per heavy atom. The minimum Gasteiger partial charge on any atom is -0.481 e. The number of halogens is 1. The molecule has 1 aliphatic carbocycles. The Labute approximate surface area is 173 Å². The number of carbonyl (C=O) groups excluding carboxylic acids is 2. The average Bonchev–Trinajstić information content (AvgIpc) is 2.74. The minimum atomic E-state index is -0.560. The summed E-state index contributed by atoms with van der Waals surface area (Å²) in [6.45, 7) is 4.13. The monoisotopic (exact) mass is 406 g/mol. The fourth-order valence-corrected chi connectivity index (χ4v) is 4.29. The molecular weight excluding hydrogens is 376 g/mol. The Morgan fingerprint density at radius 3 is 2.29 bits per heavy atom. The molecule has 1 saturated carbocycles. The molecule has 1 atom stereocenters. The number of piperazine rings is 1. The standard InChI is InChI=1S/C22H31ClN2O3/c1-17(28-20-10-8-19(23)9-11-20)22(27)25-15-13-24(14-16-25)21(26)12-7-18-5-3-2-4-6-18/h8-11,17-18H,2-7,12-16H2,1H3. The quantitative estimate of drug-likeness (QED) is 0.713. The summed E-state index contributed by atoms with van der Waals surface area (Å²) in [6, 6.07) is 7.00. The van der Waals surface area contributed by atoms with Gasteiger partial charge < -0.3 is 14.5 Å². The Morgan fingerprint density at radius 1 is 1.04 bits per heavy atom. The number of nitrogens with zero attached hydrogens (tertiary/aromatic N) is 2. The first kappa shape index (κ1) is 21.0. The fraction of sp³-hybridized carbons (Fsp3) is 0.636. The van der Waals surface area contributed by atoms with Crippen LogP contribution in [0, 0.1) is 5.92 Å². The third-order valence-electron chi connectivity index (χ3n) is 5.91. The van der Waals surface area contributed by atoms with E-state index in [-0.39, 0.29) is 11.8 Å². The molecule has 1 saturated heterocycles. The van der Waals surface area contributed by atoms with Gasteiger partial charge in [0.05, 0.1) is 0 Å². The molecule has 2 aliphatic rings. The van der Waals surface area contributed by atoms with Gasteiger partial charge in [0.1, 0.15) is 5.75 Å². The second-order valence-corrected chi connectivity index (χ2v) is 8.40. The topological polar surface area (TPSA) is 49.9 Å². The second-order valence-electron chi connectivity index (χ2n) is 7.96. The van der Waals surface area contributed by atoms with Crippen LogP contribution in [-0.2, 0) is 9.59 Å². The van der Waals surface area contributed by atoms with Gasteiger partial charge >= 0.3 is 0 Å². The molecule has 2 amide bonds. The summed E-state index contributed by atoms with van der Waals surface area (Å²) < 4.78 is 5.73. The van der Waals surface area contributed by atoms with Crippen LogP contribution in [0.25, 0.3) is 0 Å². The molecule has 2 fully saturated rings. The molecule has 0 N–H and O–H groups in total. The van der Waals surface area contributed by atoms with Gasteiger partial charge in [-0.15, -0.1) is 0 Å². The van der Waals surface area contributed by atoms with E-state index in [1.165, 1.54) is 32.1 Å². The molecule has 1 aromatic rings. The summed E-state index contributed by atoms with van der Waals surface area (Å²) in [5, 5.41) is 0.635. The lowest BCUT2D eigenvalue weighted by Crippen LogP contribution is -2.53. The second kappa shape index (κ2) is 10.1. The van der Waals surface area contributed by atoms with Crippen LogP contribution in [0.3, 0.4) is 0 Å². The molecule has 1 heterocycles. The van der Waals surface area contributed by atoms with Crippen molar-refractivity contribution < 1.29 is 14.3 Å². The van der Waals surface area contributed by atoms with Crippen LogP contribution < -0.4 is 4.74 Å². The van der Waals surface area contributed by atoms with Crippen molar-refractivity contribution in [2.45, 2.75) is 58.0 Å². The fourth-order valence-electron chi connectivity index (χ4n) is 4.16. The van der Waals surface area contributed by atoms with Gasteiger partial charge in [-0.2, -0.15) is 0 Å². The number of hydrogen-bond acceptors (Lipinski definition) is 3. The molecule has 6 heteroatoms. The number of amides is 2. The maximum Gasteiger partial charge on any atom is 0.263 e. The van der Waals surface area contributed by atoms with E-state index in [0.717, 1.165) is 12.3 Å².